The van der Waals surface area contributed by atoms with Gasteiger partial charge in [0.05, 0.1) is 13.2 Å². The van der Waals surface area contributed by atoms with Crippen molar-refractivity contribution in [2.45, 2.75) is 206 Å². The molecule has 0 aliphatic heterocycles. The molecule has 1 atom stereocenters. The molecule has 49 heavy (non-hydrogen) atoms. The Morgan fingerprint density at radius 1 is 0.531 bits per heavy atom. The molecular weight excluding hydrogens is 608 g/mol. The molecule has 5 nitrogen and oxygen atoms in total. The summed E-state index contributed by atoms with van der Waals surface area (Å²) in [7, 11) is 0. The lowest BCUT2D eigenvalue weighted by atomic mass is 10.0. The van der Waals surface area contributed by atoms with Crippen LogP contribution in [-0.2, 0) is 30.4 Å². The van der Waals surface area contributed by atoms with Crippen LogP contribution in [0.15, 0.2) is 42.5 Å². The molecule has 0 amide bonds. The maximum atomic E-state index is 12.6. The van der Waals surface area contributed by atoms with E-state index in [1.54, 1.807) is 0 Å². The summed E-state index contributed by atoms with van der Waals surface area (Å²) >= 11 is 0. The molecule has 5 heteroatoms. The Bertz CT molecular complexity index is 883. The van der Waals surface area contributed by atoms with Gasteiger partial charge in [0.15, 0.2) is 6.10 Å². The molecule has 0 saturated heterocycles. The second-order valence-corrected chi connectivity index (χ2v) is 14.1. The van der Waals surface area contributed by atoms with Gasteiger partial charge in [0, 0.05) is 12.8 Å². The average molecular weight is 685 g/mol. The van der Waals surface area contributed by atoms with Gasteiger partial charge in [-0.1, -0.05) is 185 Å². The number of unbranched alkanes of at least 4 members (excludes halogenated alkanes) is 23. The van der Waals surface area contributed by atoms with E-state index in [0.29, 0.717) is 19.4 Å². The van der Waals surface area contributed by atoms with Gasteiger partial charge in [-0.2, -0.15) is 0 Å². The zero-order chi connectivity index (χ0) is 35.3. The van der Waals surface area contributed by atoms with Gasteiger partial charge in [-0.05, 0) is 44.1 Å². The summed E-state index contributed by atoms with van der Waals surface area (Å²) in [6.07, 6.45) is 37.4. The van der Waals surface area contributed by atoms with Gasteiger partial charge in [-0.15, -0.1) is 0 Å². The maximum Gasteiger partial charge on any atom is 0.306 e. The van der Waals surface area contributed by atoms with E-state index in [2.05, 4.69) is 26.0 Å². The third-order valence-electron chi connectivity index (χ3n) is 9.27. The molecule has 0 saturated carbocycles. The molecule has 1 aromatic carbocycles. The van der Waals surface area contributed by atoms with Crippen LogP contribution in [0.4, 0.5) is 0 Å². The van der Waals surface area contributed by atoms with Crippen LogP contribution >= 0.6 is 0 Å². The standard InChI is InChI=1S/C44H76O5/c1-3-5-7-9-11-13-15-17-18-20-22-24-26-28-33-37-44(46)49-42(39-47-38-41-34-30-29-31-35-41)40-48-43(45)36-32-27-25-23-21-19-16-14-12-10-8-6-4-2/h17-18,29-31,34-35,42H,3-16,19-28,32-33,36-40H2,1-2H3/b18-17-. The number of hydrogen-bond donors (Lipinski definition) is 0. The van der Waals surface area contributed by atoms with Crippen molar-refractivity contribution in [2.75, 3.05) is 13.2 Å². The molecule has 0 heterocycles. The minimum absolute atomic E-state index is 0.0458. The summed E-state index contributed by atoms with van der Waals surface area (Å²) in [5.41, 5.74) is 1.06. The molecule has 1 unspecified atom stereocenters. The number of carbonyl (C=O) groups excluding carboxylic acids is 2. The number of ether oxygens (including phenoxy) is 3. The van der Waals surface area contributed by atoms with Crippen molar-refractivity contribution < 1.29 is 23.8 Å². The lowest BCUT2D eigenvalue weighted by molar-refractivity contribution is -0.163. The van der Waals surface area contributed by atoms with Crippen molar-refractivity contribution in [2.24, 2.45) is 0 Å². The molecule has 0 bridgehead atoms. The van der Waals surface area contributed by atoms with Crippen LogP contribution in [0.5, 0.6) is 0 Å². The Labute approximate surface area is 302 Å². The van der Waals surface area contributed by atoms with Crippen LogP contribution in [0.25, 0.3) is 0 Å². The van der Waals surface area contributed by atoms with Crippen molar-refractivity contribution in [3.63, 3.8) is 0 Å². The predicted molar refractivity (Wildman–Crippen MR) is 207 cm³/mol. The Balaban J connectivity index is 2.17. The first-order valence-electron chi connectivity index (χ1n) is 20.8. The van der Waals surface area contributed by atoms with Crippen LogP contribution < -0.4 is 0 Å². The molecular formula is C44H76O5. The predicted octanol–water partition coefficient (Wildman–Crippen LogP) is 13.2. The average Bonchev–Trinajstić information content (AvgIpc) is 3.11. The minimum Gasteiger partial charge on any atom is -0.462 e. The normalized spacial score (nSPS) is 12.0. The van der Waals surface area contributed by atoms with E-state index in [1.807, 2.05) is 30.3 Å². The summed E-state index contributed by atoms with van der Waals surface area (Å²) in [5.74, 6) is -0.456. The van der Waals surface area contributed by atoms with E-state index in [1.165, 1.54) is 128 Å². The Hall–Kier alpha value is -2.14. The summed E-state index contributed by atoms with van der Waals surface area (Å²) in [6.45, 7) is 5.21. The largest absolute Gasteiger partial charge is 0.462 e. The molecule has 0 aliphatic carbocycles. The number of allylic oxidation sites excluding steroid dienone is 2. The SMILES string of the molecule is CCCCCCCC/C=C\CCCCCCCC(=O)OC(COCc1ccccc1)COC(=O)CCCCCCCCCCCCCCC. The molecule has 0 fully saturated rings. The first-order valence-corrected chi connectivity index (χ1v) is 20.8. The van der Waals surface area contributed by atoms with Gasteiger partial charge in [0.2, 0.25) is 0 Å². The Morgan fingerprint density at radius 2 is 0.959 bits per heavy atom. The van der Waals surface area contributed by atoms with Crippen molar-refractivity contribution in [1.82, 2.24) is 0 Å². The van der Waals surface area contributed by atoms with Gasteiger partial charge in [0.1, 0.15) is 6.61 Å². The van der Waals surface area contributed by atoms with Crippen LogP contribution in [0.3, 0.4) is 0 Å². The number of rotatable bonds is 36. The Morgan fingerprint density at radius 3 is 1.45 bits per heavy atom. The number of esters is 2. The zero-order valence-electron chi connectivity index (χ0n) is 32.1. The van der Waals surface area contributed by atoms with Crippen molar-refractivity contribution >= 4 is 11.9 Å². The van der Waals surface area contributed by atoms with Gasteiger partial charge < -0.3 is 14.2 Å². The monoisotopic (exact) mass is 685 g/mol. The summed E-state index contributed by atoms with van der Waals surface area (Å²) in [4.78, 5) is 25.1. The summed E-state index contributed by atoms with van der Waals surface area (Å²) in [5, 5.41) is 0. The smallest absolute Gasteiger partial charge is 0.306 e. The minimum atomic E-state index is -0.588. The van der Waals surface area contributed by atoms with E-state index >= 15 is 0 Å². The highest BCUT2D eigenvalue weighted by atomic mass is 16.6. The van der Waals surface area contributed by atoms with Crippen LogP contribution in [0, 0.1) is 0 Å². The number of hydrogen-bond acceptors (Lipinski definition) is 5. The second kappa shape index (κ2) is 35.7. The molecule has 0 spiro atoms. The topological polar surface area (TPSA) is 61.8 Å². The van der Waals surface area contributed by atoms with E-state index in [-0.39, 0.29) is 25.2 Å². The van der Waals surface area contributed by atoms with Crippen LogP contribution in [0.1, 0.15) is 199 Å². The lowest BCUT2D eigenvalue weighted by Crippen LogP contribution is -2.29. The highest BCUT2D eigenvalue weighted by Crippen LogP contribution is 2.14. The molecule has 1 aromatic rings. The third-order valence-corrected chi connectivity index (χ3v) is 9.27. The quantitative estimate of drug-likeness (QED) is 0.0400. The zero-order valence-corrected chi connectivity index (χ0v) is 32.1. The first kappa shape index (κ1) is 44.9. The maximum absolute atomic E-state index is 12.6. The van der Waals surface area contributed by atoms with Crippen LogP contribution in [-0.4, -0.2) is 31.3 Å². The molecule has 0 radical (unpaired) electrons. The fraction of sp³-hybridized carbons (Fsp3) is 0.773. The first-order chi connectivity index (χ1) is 24.2. The molecule has 282 valence electrons. The van der Waals surface area contributed by atoms with Gasteiger partial charge in [-0.3, -0.25) is 9.59 Å². The van der Waals surface area contributed by atoms with Crippen molar-refractivity contribution in [1.29, 1.82) is 0 Å². The molecule has 0 aliphatic rings. The van der Waals surface area contributed by atoms with E-state index in [4.69, 9.17) is 14.2 Å². The van der Waals surface area contributed by atoms with Crippen LogP contribution in [0.2, 0.25) is 0 Å². The van der Waals surface area contributed by atoms with Gasteiger partial charge in [-0.25, -0.2) is 0 Å². The van der Waals surface area contributed by atoms with Crippen molar-refractivity contribution in [3.8, 4) is 0 Å². The third kappa shape index (κ3) is 31.6. The molecule has 1 rings (SSSR count). The second-order valence-electron chi connectivity index (χ2n) is 14.1. The Kier molecular flexibility index (Phi) is 32.7. The van der Waals surface area contributed by atoms with Gasteiger partial charge >= 0.3 is 11.9 Å². The highest BCUT2D eigenvalue weighted by Gasteiger charge is 2.17. The molecule has 0 N–H and O–H groups in total. The summed E-state index contributed by atoms with van der Waals surface area (Å²) in [6, 6.07) is 9.93. The number of benzene rings is 1. The van der Waals surface area contributed by atoms with E-state index in [9.17, 15) is 9.59 Å². The number of carbonyl (C=O) groups is 2. The summed E-state index contributed by atoms with van der Waals surface area (Å²) < 4.78 is 17.1. The van der Waals surface area contributed by atoms with E-state index in [0.717, 1.165) is 44.1 Å². The van der Waals surface area contributed by atoms with Gasteiger partial charge in [0.25, 0.3) is 0 Å². The molecule has 0 aromatic heterocycles. The highest BCUT2D eigenvalue weighted by molar-refractivity contribution is 5.70. The van der Waals surface area contributed by atoms with Crippen molar-refractivity contribution in [3.05, 3.63) is 48.0 Å². The fourth-order valence-electron chi connectivity index (χ4n) is 6.13. The van der Waals surface area contributed by atoms with E-state index < -0.39 is 6.10 Å². The lowest BCUT2D eigenvalue weighted by Gasteiger charge is -2.18. The fourth-order valence-corrected chi connectivity index (χ4v) is 6.13.